The van der Waals surface area contributed by atoms with E-state index in [-0.39, 0.29) is 11.7 Å². The third-order valence-electron chi connectivity index (χ3n) is 4.84. The van der Waals surface area contributed by atoms with Gasteiger partial charge >= 0.3 is 0 Å². The van der Waals surface area contributed by atoms with E-state index in [2.05, 4.69) is 27.6 Å². The van der Waals surface area contributed by atoms with E-state index >= 15 is 0 Å². The van der Waals surface area contributed by atoms with E-state index in [1.54, 1.807) is 17.7 Å². The number of para-hydroxylation sites is 1. The molecule has 1 N–H and O–H groups in total. The maximum absolute atomic E-state index is 12.7. The Morgan fingerprint density at radius 2 is 1.97 bits per heavy atom. The van der Waals surface area contributed by atoms with Crippen LogP contribution >= 0.6 is 34.7 Å². The van der Waals surface area contributed by atoms with Gasteiger partial charge in [-0.15, -0.1) is 11.3 Å². The zero-order valence-electron chi connectivity index (χ0n) is 16.6. The standard InChI is InChI=1S/C23H20ClN3OS2/c1-3-15-6-4-5-14(2)21(15)27-19(28)12-30-23-20-18(11-29-22(20)25-13-26-23)16-7-9-17(24)10-8-16/h4-11,13H,3,12H2,1-2H3,(H,27,28). The quantitative estimate of drug-likeness (QED) is 0.263. The lowest BCUT2D eigenvalue weighted by molar-refractivity contribution is -0.113. The zero-order valence-corrected chi connectivity index (χ0v) is 19.0. The zero-order chi connectivity index (χ0) is 21.1. The lowest BCUT2D eigenvalue weighted by Gasteiger charge is -2.13. The first-order valence-corrected chi connectivity index (χ1v) is 11.8. The molecule has 0 atom stereocenters. The van der Waals surface area contributed by atoms with Crippen LogP contribution in [0.25, 0.3) is 21.3 Å². The lowest BCUT2D eigenvalue weighted by atomic mass is 10.1. The van der Waals surface area contributed by atoms with Crippen molar-refractivity contribution in [1.29, 1.82) is 0 Å². The highest BCUT2D eigenvalue weighted by atomic mass is 35.5. The van der Waals surface area contributed by atoms with Crippen molar-refractivity contribution in [2.24, 2.45) is 0 Å². The van der Waals surface area contributed by atoms with Gasteiger partial charge in [-0.25, -0.2) is 9.97 Å². The molecule has 0 unspecified atom stereocenters. The molecule has 152 valence electrons. The molecule has 2 heterocycles. The Kier molecular flexibility index (Phi) is 6.37. The largest absolute Gasteiger partial charge is 0.325 e. The van der Waals surface area contributed by atoms with Gasteiger partial charge < -0.3 is 5.32 Å². The van der Waals surface area contributed by atoms with Crippen molar-refractivity contribution in [1.82, 2.24) is 9.97 Å². The number of hydrogen-bond donors (Lipinski definition) is 1. The van der Waals surface area contributed by atoms with Gasteiger partial charge in [0.1, 0.15) is 16.2 Å². The van der Waals surface area contributed by atoms with Crippen LogP contribution in [-0.4, -0.2) is 21.6 Å². The van der Waals surface area contributed by atoms with E-state index < -0.39 is 0 Å². The summed E-state index contributed by atoms with van der Waals surface area (Å²) in [5, 5.41) is 7.64. The molecule has 4 aromatic rings. The number of rotatable bonds is 6. The number of thiophene rings is 1. The summed E-state index contributed by atoms with van der Waals surface area (Å²) in [5.74, 6) is 0.235. The molecule has 7 heteroatoms. The molecule has 0 radical (unpaired) electrons. The molecule has 2 aromatic carbocycles. The number of halogens is 1. The summed E-state index contributed by atoms with van der Waals surface area (Å²) >= 11 is 9.04. The molecule has 0 saturated carbocycles. The van der Waals surface area contributed by atoms with Crippen LogP contribution in [-0.2, 0) is 11.2 Å². The minimum absolute atomic E-state index is 0.0426. The summed E-state index contributed by atoms with van der Waals surface area (Å²) < 4.78 is 0. The molecule has 2 aromatic heterocycles. The fourth-order valence-electron chi connectivity index (χ4n) is 3.31. The monoisotopic (exact) mass is 453 g/mol. The van der Waals surface area contributed by atoms with Gasteiger partial charge in [0.05, 0.1) is 11.1 Å². The third kappa shape index (κ3) is 4.36. The summed E-state index contributed by atoms with van der Waals surface area (Å²) in [4.78, 5) is 22.5. The van der Waals surface area contributed by atoms with Gasteiger partial charge in [-0.2, -0.15) is 0 Å². The first-order chi connectivity index (χ1) is 14.6. The first-order valence-electron chi connectivity index (χ1n) is 9.56. The van der Waals surface area contributed by atoms with Crippen LogP contribution in [0.2, 0.25) is 5.02 Å². The second kappa shape index (κ2) is 9.16. The van der Waals surface area contributed by atoms with Gasteiger partial charge in [0.15, 0.2) is 0 Å². The molecule has 0 aliphatic heterocycles. The van der Waals surface area contributed by atoms with Crippen molar-refractivity contribution in [2.45, 2.75) is 25.3 Å². The maximum Gasteiger partial charge on any atom is 0.234 e. The highest BCUT2D eigenvalue weighted by Gasteiger charge is 2.15. The van der Waals surface area contributed by atoms with E-state index in [0.29, 0.717) is 5.02 Å². The Morgan fingerprint density at radius 1 is 1.17 bits per heavy atom. The normalized spacial score (nSPS) is 11.0. The number of fused-ring (bicyclic) bond motifs is 1. The molecule has 0 spiro atoms. The predicted molar refractivity (Wildman–Crippen MR) is 128 cm³/mol. The summed E-state index contributed by atoms with van der Waals surface area (Å²) in [6, 6.07) is 13.8. The maximum atomic E-state index is 12.7. The minimum Gasteiger partial charge on any atom is -0.325 e. The molecule has 30 heavy (non-hydrogen) atoms. The molecule has 0 bridgehead atoms. The Labute approximate surface area is 188 Å². The average molecular weight is 454 g/mol. The van der Waals surface area contributed by atoms with Crippen LogP contribution in [0.3, 0.4) is 0 Å². The third-order valence-corrected chi connectivity index (χ3v) is 6.96. The van der Waals surface area contributed by atoms with Crippen LogP contribution in [0.1, 0.15) is 18.1 Å². The Morgan fingerprint density at radius 3 is 2.73 bits per heavy atom. The summed E-state index contributed by atoms with van der Waals surface area (Å²) in [6.07, 6.45) is 2.43. The molecule has 4 nitrogen and oxygen atoms in total. The average Bonchev–Trinajstić information content (AvgIpc) is 3.19. The number of nitrogens with one attached hydrogen (secondary N) is 1. The van der Waals surface area contributed by atoms with Crippen molar-refractivity contribution in [3.63, 3.8) is 0 Å². The molecule has 4 rings (SSSR count). The molecule has 0 aliphatic rings. The molecule has 1 amide bonds. The fourth-order valence-corrected chi connectivity index (χ4v) is 5.23. The van der Waals surface area contributed by atoms with E-state index in [9.17, 15) is 4.79 Å². The summed E-state index contributed by atoms with van der Waals surface area (Å²) in [7, 11) is 0. The van der Waals surface area contributed by atoms with Crippen LogP contribution in [0.15, 0.2) is 59.2 Å². The van der Waals surface area contributed by atoms with Crippen molar-refractivity contribution in [3.8, 4) is 11.1 Å². The number of nitrogens with zero attached hydrogens (tertiary/aromatic N) is 2. The van der Waals surface area contributed by atoms with Crippen molar-refractivity contribution < 1.29 is 4.79 Å². The van der Waals surface area contributed by atoms with E-state index in [0.717, 1.165) is 49.6 Å². The molecule has 0 aliphatic carbocycles. The van der Waals surface area contributed by atoms with Crippen LogP contribution in [0.5, 0.6) is 0 Å². The Balaban J connectivity index is 1.57. The van der Waals surface area contributed by atoms with E-state index in [4.69, 9.17) is 11.6 Å². The molecular weight excluding hydrogens is 434 g/mol. The SMILES string of the molecule is CCc1cccc(C)c1NC(=O)CSc1ncnc2scc(-c3ccc(Cl)cc3)c12. The molecule has 0 saturated heterocycles. The number of anilines is 1. The number of hydrogen-bond acceptors (Lipinski definition) is 5. The number of carbonyl (C=O) groups excluding carboxylic acids is 1. The number of amides is 1. The van der Waals surface area contributed by atoms with Crippen molar-refractivity contribution >= 4 is 56.5 Å². The van der Waals surface area contributed by atoms with E-state index in [1.807, 2.05) is 49.4 Å². The predicted octanol–water partition coefficient (Wildman–Crippen LogP) is 6.61. The topological polar surface area (TPSA) is 54.9 Å². The highest BCUT2D eigenvalue weighted by molar-refractivity contribution is 8.00. The van der Waals surface area contributed by atoms with Gasteiger partial charge in [-0.3, -0.25) is 4.79 Å². The number of aryl methyl sites for hydroxylation is 2. The summed E-state index contributed by atoms with van der Waals surface area (Å²) in [5.41, 5.74) is 5.23. The number of carbonyl (C=O) groups is 1. The number of thioether (sulfide) groups is 1. The van der Waals surface area contributed by atoms with Gasteiger partial charge in [0, 0.05) is 21.7 Å². The van der Waals surface area contributed by atoms with E-state index in [1.165, 1.54) is 11.8 Å². The fraction of sp³-hybridized carbons (Fsp3) is 0.174. The number of aromatic nitrogens is 2. The first kappa shape index (κ1) is 20.8. The number of benzene rings is 2. The molecule has 0 fully saturated rings. The smallest absolute Gasteiger partial charge is 0.234 e. The van der Waals surface area contributed by atoms with Gasteiger partial charge in [-0.05, 0) is 42.2 Å². The van der Waals surface area contributed by atoms with Crippen LogP contribution in [0.4, 0.5) is 5.69 Å². The van der Waals surface area contributed by atoms with Crippen molar-refractivity contribution in [2.75, 3.05) is 11.1 Å². The highest BCUT2D eigenvalue weighted by Crippen LogP contribution is 2.38. The van der Waals surface area contributed by atoms with Gasteiger partial charge in [0.2, 0.25) is 5.91 Å². The second-order valence-electron chi connectivity index (χ2n) is 6.81. The van der Waals surface area contributed by atoms with Gasteiger partial charge in [-0.1, -0.05) is 60.6 Å². The Hall–Kier alpha value is -2.41. The Bertz CT molecular complexity index is 1210. The van der Waals surface area contributed by atoms with Crippen LogP contribution < -0.4 is 5.32 Å². The molecular formula is C23H20ClN3OS2. The minimum atomic E-state index is -0.0426. The van der Waals surface area contributed by atoms with Gasteiger partial charge in [0.25, 0.3) is 0 Å². The van der Waals surface area contributed by atoms with Crippen LogP contribution in [0, 0.1) is 6.92 Å². The summed E-state index contributed by atoms with van der Waals surface area (Å²) in [6.45, 7) is 4.10. The van der Waals surface area contributed by atoms with Crippen molar-refractivity contribution in [3.05, 3.63) is 70.3 Å². The lowest BCUT2D eigenvalue weighted by Crippen LogP contribution is -2.16. The second-order valence-corrected chi connectivity index (χ2v) is 9.07.